The first kappa shape index (κ1) is 19.4. The van der Waals surface area contributed by atoms with E-state index in [4.69, 9.17) is 4.74 Å². The third kappa shape index (κ3) is 3.98. The first-order chi connectivity index (χ1) is 14.1. The number of nitrogens with one attached hydrogen (secondary N) is 1. The summed E-state index contributed by atoms with van der Waals surface area (Å²) in [5, 5.41) is 17.0. The molecule has 1 aliphatic heterocycles. The number of hydrogen-bond donors (Lipinski definition) is 2. The predicted octanol–water partition coefficient (Wildman–Crippen LogP) is 1.58. The molecule has 29 heavy (non-hydrogen) atoms. The van der Waals surface area contributed by atoms with E-state index in [1.807, 2.05) is 29.2 Å². The highest BCUT2D eigenvalue weighted by Crippen LogP contribution is 2.29. The molecule has 1 aliphatic carbocycles. The van der Waals surface area contributed by atoms with Crippen molar-refractivity contribution in [3.8, 4) is 5.75 Å². The summed E-state index contributed by atoms with van der Waals surface area (Å²) >= 11 is 0. The van der Waals surface area contributed by atoms with Crippen LogP contribution in [-0.4, -0.2) is 57.4 Å². The van der Waals surface area contributed by atoms with Crippen molar-refractivity contribution in [3.05, 3.63) is 47.3 Å². The van der Waals surface area contributed by atoms with E-state index in [1.165, 1.54) is 10.7 Å². The van der Waals surface area contributed by atoms with Crippen LogP contribution in [0.5, 0.6) is 5.75 Å². The van der Waals surface area contributed by atoms with Gasteiger partial charge in [0.15, 0.2) is 5.69 Å². The van der Waals surface area contributed by atoms with Crippen molar-refractivity contribution in [2.45, 2.75) is 50.9 Å². The highest BCUT2D eigenvalue weighted by molar-refractivity contribution is 5.98. The van der Waals surface area contributed by atoms with E-state index in [9.17, 15) is 14.7 Å². The Kier molecular flexibility index (Phi) is 5.53. The van der Waals surface area contributed by atoms with Gasteiger partial charge in [0.25, 0.3) is 11.8 Å². The molecule has 0 spiro atoms. The largest absolute Gasteiger partial charge is 0.496 e. The molecule has 0 unspecified atom stereocenters. The van der Waals surface area contributed by atoms with E-state index >= 15 is 0 Å². The van der Waals surface area contributed by atoms with Crippen molar-refractivity contribution >= 4 is 11.8 Å². The topological polar surface area (TPSA) is 96.7 Å². The first-order valence-electron chi connectivity index (χ1n) is 10.0. The second-order valence-corrected chi connectivity index (χ2v) is 7.64. The summed E-state index contributed by atoms with van der Waals surface area (Å²) in [6.07, 6.45) is 3.35. The van der Waals surface area contributed by atoms with Gasteiger partial charge in [0.1, 0.15) is 11.4 Å². The van der Waals surface area contributed by atoms with Gasteiger partial charge >= 0.3 is 0 Å². The Labute approximate surface area is 169 Å². The van der Waals surface area contributed by atoms with E-state index in [-0.39, 0.29) is 36.6 Å². The second-order valence-electron chi connectivity index (χ2n) is 7.64. The smallest absolute Gasteiger partial charge is 0.274 e. The summed E-state index contributed by atoms with van der Waals surface area (Å²) < 4.78 is 6.89. The maximum atomic E-state index is 13.4. The number of carbonyl (C=O) groups excluding carboxylic acids is 2. The summed E-state index contributed by atoms with van der Waals surface area (Å²) in [6, 6.07) is 9.34. The average molecular weight is 398 g/mol. The zero-order chi connectivity index (χ0) is 20.4. The SMILES string of the molecule is COc1ccccc1CN(C(=O)c1cc2n(n1)C[C@@H](O)CNC2=O)C1CCCC1. The van der Waals surface area contributed by atoms with Crippen molar-refractivity contribution in [1.82, 2.24) is 20.0 Å². The van der Waals surface area contributed by atoms with Gasteiger partial charge in [-0.25, -0.2) is 0 Å². The highest BCUT2D eigenvalue weighted by atomic mass is 16.5. The molecular weight excluding hydrogens is 372 g/mol. The van der Waals surface area contributed by atoms with E-state index in [2.05, 4.69) is 10.4 Å². The number of carbonyl (C=O) groups is 2. The maximum Gasteiger partial charge on any atom is 0.274 e. The van der Waals surface area contributed by atoms with Crippen LogP contribution < -0.4 is 10.1 Å². The number of methoxy groups -OCH3 is 1. The molecule has 1 aromatic heterocycles. The van der Waals surface area contributed by atoms with Gasteiger partial charge in [-0.1, -0.05) is 31.0 Å². The van der Waals surface area contributed by atoms with Crippen molar-refractivity contribution in [2.24, 2.45) is 0 Å². The average Bonchev–Trinajstić information content (AvgIpc) is 3.38. The maximum absolute atomic E-state index is 13.4. The molecule has 8 heteroatoms. The Hall–Kier alpha value is -2.87. The summed E-state index contributed by atoms with van der Waals surface area (Å²) in [5.74, 6) is 0.210. The number of aliphatic hydroxyl groups excluding tert-OH is 1. The fourth-order valence-corrected chi connectivity index (χ4v) is 4.16. The molecule has 1 atom stereocenters. The second kappa shape index (κ2) is 8.24. The molecule has 8 nitrogen and oxygen atoms in total. The lowest BCUT2D eigenvalue weighted by Crippen LogP contribution is -2.38. The highest BCUT2D eigenvalue weighted by Gasteiger charge is 2.31. The van der Waals surface area contributed by atoms with Gasteiger partial charge in [0.2, 0.25) is 0 Å². The Bertz CT molecular complexity index is 904. The van der Waals surface area contributed by atoms with E-state index in [0.29, 0.717) is 12.2 Å². The number of rotatable bonds is 5. The zero-order valence-electron chi connectivity index (χ0n) is 16.5. The zero-order valence-corrected chi connectivity index (χ0v) is 16.5. The third-order valence-electron chi connectivity index (χ3n) is 5.67. The number of nitrogens with zero attached hydrogens (tertiary/aromatic N) is 3. The Morgan fingerprint density at radius 3 is 2.86 bits per heavy atom. The number of hydrogen-bond acceptors (Lipinski definition) is 5. The number of aliphatic hydroxyl groups is 1. The molecule has 2 aromatic rings. The molecule has 0 radical (unpaired) electrons. The number of benzene rings is 1. The monoisotopic (exact) mass is 398 g/mol. The minimum atomic E-state index is -0.734. The van der Waals surface area contributed by atoms with Crippen molar-refractivity contribution in [2.75, 3.05) is 13.7 Å². The van der Waals surface area contributed by atoms with Crippen LogP contribution in [0.3, 0.4) is 0 Å². The minimum absolute atomic E-state index is 0.133. The van der Waals surface area contributed by atoms with Crippen LogP contribution in [0.15, 0.2) is 30.3 Å². The molecule has 0 bridgehead atoms. The number of fused-ring (bicyclic) bond motifs is 1. The predicted molar refractivity (Wildman–Crippen MR) is 106 cm³/mol. The van der Waals surface area contributed by atoms with Crippen molar-refractivity contribution < 1.29 is 19.4 Å². The molecule has 2 amide bonds. The van der Waals surface area contributed by atoms with Crippen molar-refractivity contribution in [3.63, 3.8) is 0 Å². The van der Waals surface area contributed by atoms with Crippen LogP contribution in [-0.2, 0) is 13.1 Å². The Morgan fingerprint density at radius 2 is 2.10 bits per heavy atom. The minimum Gasteiger partial charge on any atom is -0.496 e. The first-order valence-corrected chi connectivity index (χ1v) is 10.0. The Morgan fingerprint density at radius 1 is 1.34 bits per heavy atom. The number of ether oxygens (including phenoxy) is 1. The van der Waals surface area contributed by atoms with Gasteiger partial charge in [0.05, 0.1) is 19.8 Å². The standard InChI is InChI=1S/C21H26N4O4/c1-29-19-9-5-2-6-14(19)12-24(15-7-3-4-8-15)21(28)17-10-18-20(27)22-11-16(26)13-25(18)23-17/h2,5-6,9-10,15-16,26H,3-4,7-8,11-13H2,1H3,(H,22,27)/t16-/m0/s1. The van der Waals surface area contributed by atoms with E-state index < -0.39 is 6.10 Å². The summed E-state index contributed by atoms with van der Waals surface area (Å²) in [5.41, 5.74) is 1.46. The Balaban J connectivity index is 1.64. The molecule has 2 N–H and O–H groups in total. The molecule has 0 saturated heterocycles. The molecule has 4 rings (SSSR count). The lowest BCUT2D eigenvalue weighted by molar-refractivity contribution is 0.0654. The third-order valence-corrected chi connectivity index (χ3v) is 5.67. The van der Waals surface area contributed by atoms with Crippen LogP contribution in [0.4, 0.5) is 0 Å². The summed E-state index contributed by atoms with van der Waals surface area (Å²) in [6.45, 7) is 0.773. The molecule has 1 fully saturated rings. The van der Waals surface area contributed by atoms with Crippen LogP contribution >= 0.6 is 0 Å². The normalized spacial score (nSPS) is 19.4. The molecule has 154 valence electrons. The molecule has 2 heterocycles. The number of aromatic nitrogens is 2. The van der Waals surface area contributed by atoms with Gasteiger partial charge in [-0.3, -0.25) is 14.3 Å². The van der Waals surface area contributed by atoms with E-state index in [0.717, 1.165) is 37.0 Å². The van der Waals surface area contributed by atoms with Gasteiger partial charge in [-0.2, -0.15) is 5.10 Å². The number of amides is 2. The molecule has 1 saturated carbocycles. The van der Waals surface area contributed by atoms with Gasteiger partial charge in [-0.05, 0) is 18.9 Å². The number of β-amino-alcohol motifs (C(OH)–C–C–N with tert-alkyl or cyclic N) is 1. The summed E-state index contributed by atoms with van der Waals surface area (Å²) in [7, 11) is 1.62. The molecule has 2 aliphatic rings. The van der Waals surface area contributed by atoms with Gasteiger partial charge in [-0.15, -0.1) is 0 Å². The van der Waals surface area contributed by atoms with Gasteiger partial charge in [0, 0.05) is 30.8 Å². The fraction of sp³-hybridized carbons (Fsp3) is 0.476. The van der Waals surface area contributed by atoms with Crippen LogP contribution in [0.2, 0.25) is 0 Å². The molecular formula is C21H26N4O4. The fourth-order valence-electron chi connectivity index (χ4n) is 4.16. The quantitative estimate of drug-likeness (QED) is 0.797. The number of para-hydroxylation sites is 1. The van der Waals surface area contributed by atoms with Crippen LogP contribution in [0.1, 0.15) is 52.2 Å². The lowest BCUT2D eigenvalue weighted by Gasteiger charge is -2.29. The lowest BCUT2D eigenvalue weighted by atomic mass is 10.1. The summed E-state index contributed by atoms with van der Waals surface area (Å²) in [4.78, 5) is 27.6. The molecule has 1 aromatic carbocycles. The van der Waals surface area contributed by atoms with Crippen LogP contribution in [0.25, 0.3) is 0 Å². The van der Waals surface area contributed by atoms with Crippen LogP contribution in [0, 0.1) is 0 Å². The van der Waals surface area contributed by atoms with E-state index in [1.54, 1.807) is 7.11 Å². The van der Waals surface area contributed by atoms with Gasteiger partial charge < -0.3 is 20.1 Å². The van der Waals surface area contributed by atoms with Crippen molar-refractivity contribution in [1.29, 1.82) is 0 Å².